The zero-order valence-electron chi connectivity index (χ0n) is 19.2. The largest absolute Gasteiger partial charge is 0.352 e. The standard InChI is InChI=1S/C25H31Cl3N2O2S/c1-4-17(3)29-25(32)23(5-2)30(16-18-8-9-20(27)15-22(18)28)24(31)7-6-14-33-21-12-10-19(26)11-13-21/h8-13,15,17,23H,4-7,14,16H2,1-3H3,(H,29,32)/t17-,23+/m0/s1. The van der Waals surface area contributed by atoms with Crippen molar-refractivity contribution < 1.29 is 9.59 Å². The molecule has 0 spiro atoms. The van der Waals surface area contributed by atoms with Crippen molar-refractivity contribution in [1.29, 1.82) is 0 Å². The maximum Gasteiger partial charge on any atom is 0.243 e. The quantitative estimate of drug-likeness (QED) is 0.233. The molecule has 8 heteroatoms. The number of amides is 2. The summed E-state index contributed by atoms with van der Waals surface area (Å²) in [6, 6.07) is 12.3. The summed E-state index contributed by atoms with van der Waals surface area (Å²) in [5, 5.41) is 4.73. The summed E-state index contributed by atoms with van der Waals surface area (Å²) < 4.78 is 0. The van der Waals surface area contributed by atoms with Crippen LogP contribution in [0.3, 0.4) is 0 Å². The van der Waals surface area contributed by atoms with Gasteiger partial charge in [-0.1, -0.05) is 54.7 Å². The van der Waals surface area contributed by atoms with Crippen LogP contribution in [0, 0.1) is 0 Å². The molecule has 0 heterocycles. The Hall–Kier alpha value is -1.40. The maximum atomic E-state index is 13.3. The van der Waals surface area contributed by atoms with E-state index in [1.54, 1.807) is 34.9 Å². The third-order valence-electron chi connectivity index (χ3n) is 5.36. The van der Waals surface area contributed by atoms with Crippen molar-refractivity contribution in [2.75, 3.05) is 5.75 Å². The minimum atomic E-state index is -0.567. The maximum absolute atomic E-state index is 13.3. The van der Waals surface area contributed by atoms with E-state index in [1.807, 2.05) is 45.0 Å². The number of hydrogen-bond donors (Lipinski definition) is 1. The monoisotopic (exact) mass is 528 g/mol. The van der Waals surface area contributed by atoms with E-state index in [0.29, 0.717) is 34.3 Å². The molecule has 33 heavy (non-hydrogen) atoms. The van der Waals surface area contributed by atoms with E-state index in [4.69, 9.17) is 34.8 Å². The summed E-state index contributed by atoms with van der Waals surface area (Å²) in [4.78, 5) is 29.0. The van der Waals surface area contributed by atoms with Gasteiger partial charge in [0.1, 0.15) is 6.04 Å². The van der Waals surface area contributed by atoms with Gasteiger partial charge < -0.3 is 10.2 Å². The van der Waals surface area contributed by atoms with Gasteiger partial charge in [0, 0.05) is 39.0 Å². The Balaban J connectivity index is 2.10. The highest BCUT2D eigenvalue weighted by Crippen LogP contribution is 2.25. The van der Waals surface area contributed by atoms with E-state index in [0.717, 1.165) is 22.6 Å². The molecule has 0 saturated heterocycles. The topological polar surface area (TPSA) is 49.4 Å². The first-order valence-corrected chi connectivity index (χ1v) is 13.3. The van der Waals surface area contributed by atoms with Crippen LogP contribution in [0.15, 0.2) is 47.4 Å². The van der Waals surface area contributed by atoms with Crippen molar-refractivity contribution in [2.24, 2.45) is 0 Å². The lowest BCUT2D eigenvalue weighted by atomic mass is 10.1. The van der Waals surface area contributed by atoms with Crippen LogP contribution in [0.4, 0.5) is 0 Å². The van der Waals surface area contributed by atoms with E-state index < -0.39 is 6.04 Å². The van der Waals surface area contributed by atoms with Crippen molar-refractivity contribution in [2.45, 2.75) is 70.0 Å². The molecule has 2 atom stereocenters. The Labute approximate surface area is 216 Å². The average molecular weight is 530 g/mol. The highest BCUT2D eigenvalue weighted by atomic mass is 35.5. The van der Waals surface area contributed by atoms with Gasteiger partial charge in [-0.05, 0) is 73.9 Å². The third kappa shape index (κ3) is 9.05. The molecule has 4 nitrogen and oxygen atoms in total. The summed E-state index contributed by atoms with van der Waals surface area (Å²) >= 11 is 20.0. The molecule has 2 aromatic carbocycles. The number of hydrogen-bond acceptors (Lipinski definition) is 3. The third-order valence-corrected chi connectivity index (χ3v) is 7.30. The fraction of sp³-hybridized carbons (Fsp3) is 0.440. The minimum absolute atomic E-state index is 0.0402. The number of nitrogens with zero attached hydrogens (tertiary/aromatic N) is 1. The number of rotatable bonds is 12. The van der Waals surface area contributed by atoms with Gasteiger partial charge in [0.25, 0.3) is 0 Å². The predicted octanol–water partition coefficient (Wildman–Crippen LogP) is 7.24. The summed E-state index contributed by atoms with van der Waals surface area (Å²) in [6.45, 7) is 6.15. The van der Waals surface area contributed by atoms with Crippen molar-refractivity contribution in [3.63, 3.8) is 0 Å². The number of nitrogens with one attached hydrogen (secondary N) is 1. The fourth-order valence-electron chi connectivity index (χ4n) is 3.28. The molecule has 0 saturated carbocycles. The molecule has 0 aromatic heterocycles. The first-order valence-electron chi connectivity index (χ1n) is 11.2. The molecule has 0 aliphatic heterocycles. The molecule has 2 amide bonds. The van der Waals surface area contributed by atoms with Gasteiger partial charge in [-0.3, -0.25) is 9.59 Å². The lowest BCUT2D eigenvalue weighted by molar-refractivity contribution is -0.141. The van der Waals surface area contributed by atoms with Crippen LogP contribution in [0.5, 0.6) is 0 Å². The van der Waals surface area contributed by atoms with E-state index >= 15 is 0 Å². The Kier molecular flexibility index (Phi) is 11.9. The van der Waals surface area contributed by atoms with Crippen LogP contribution < -0.4 is 5.32 Å². The molecule has 0 aliphatic carbocycles. The molecule has 2 rings (SSSR count). The molecule has 1 N–H and O–H groups in total. The lowest BCUT2D eigenvalue weighted by Crippen LogP contribution is -2.50. The molecular weight excluding hydrogens is 499 g/mol. The van der Waals surface area contributed by atoms with Gasteiger partial charge in [-0.15, -0.1) is 11.8 Å². The van der Waals surface area contributed by atoms with Crippen molar-refractivity contribution in [3.05, 3.63) is 63.1 Å². The summed E-state index contributed by atoms with van der Waals surface area (Å²) in [5.41, 5.74) is 0.764. The number of thioether (sulfide) groups is 1. The summed E-state index contributed by atoms with van der Waals surface area (Å²) in [5.74, 6) is 0.586. The van der Waals surface area contributed by atoms with Gasteiger partial charge in [0.2, 0.25) is 11.8 Å². The zero-order chi connectivity index (χ0) is 24.4. The molecule has 180 valence electrons. The fourth-order valence-corrected chi connectivity index (χ4v) is 4.73. The first kappa shape index (κ1) is 27.8. The van der Waals surface area contributed by atoms with Gasteiger partial charge in [0.15, 0.2) is 0 Å². The summed E-state index contributed by atoms with van der Waals surface area (Å²) in [7, 11) is 0. The highest BCUT2D eigenvalue weighted by Gasteiger charge is 2.29. The van der Waals surface area contributed by atoms with E-state index in [1.165, 1.54) is 0 Å². The van der Waals surface area contributed by atoms with Gasteiger partial charge in [0.05, 0.1) is 0 Å². The van der Waals surface area contributed by atoms with Crippen molar-refractivity contribution in [3.8, 4) is 0 Å². The molecule has 0 unspecified atom stereocenters. The van der Waals surface area contributed by atoms with Crippen molar-refractivity contribution in [1.82, 2.24) is 10.2 Å². The van der Waals surface area contributed by atoms with Crippen LogP contribution in [0.2, 0.25) is 15.1 Å². The predicted molar refractivity (Wildman–Crippen MR) is 140 cm³/mol. The average Bonchev–Trinajstić information content (AvgIpc) is 2.78. The number of carbonyl (C=O) groups excluding carboxylic acids is 2. The summed E-state index contributed by atoms with van der Waals surface area (Å²) in [6.07, 6.45) is 2.37. The van der Waals surface area contributed by atoms with E-state index in [-0.39, 0.29) is 24.4 Å². The number of carbonyl (C=O) groups is 2. The SMILES string of the molecule is CC[C@H](C(=O)N[C@@H](C)CC)N(Cc1ccc(Cl)cc1Cl)C(=O)CCCSc1ccc(Cl)cc1. The van der Waals surface area contributed by atoms with E-state index in [2.05, 4.69) is 5.32 Å². The minimum Gasteiger partial charge on any atom is -0.352 e. The molecule has 0 fully saturated rings. The molecule has 0 radical (unpaired) electrons. The van der Waals surface area contributed by atoms with Crippen LogP contribution in [-0.4, -0.2) is 34.6 Å². The lowest BCUT2D eigenvalue weighted by Gasteiger charge is -2.32. The Morgan fingerprint density at radius 1 is 1.00 bits per heavy atom. The van der Waals surface area contributed by atoms with Gasteiger partial charge in [-0.25, -0.2) is 0 Å². The van der Waals surface area contributed by atoms with Gasteiger partial charge in [-0.2, -0.15) is 0 Å². The van der Waals surface area contributed by atoms with E-state index in [9.17, 15) is 9.59 Å². The normalized spacial score (nSPS) is 12.8. The Morgan fingerprint density at radius 2 is 1.67 bits per heavy atom. The van der Waals surface area contributed by atoms with Gasteiger partial charge >= 0.3 is 0 Å². The second-order valence-electron chi connectivity index (χ2n) is 7.91. The molecule has 0 aliphatic rings. The smallest absolute Gasteiger partial charge is 0.243 e. The second-order valence-corrected chi connectivity index (χ2v) is 10.4. The second kappa shape index (κ2) is 14.1. The first-order chi connectivity index (χ1) is 15.7. The Bertz CT molecular complexity index is 924. The molecule has 0 bridgehead atoms. The van der Waals surface area contributed by atoms with Crippen LogP contribution in [-0.2, 0) is 16.1 Å². The molecule has 2 aromatic rings. The van der Waals surface area contributed by atoms with Crippen LogP contribution >= 0.6 is 46.6 Å². The van der Waals surface area contributed by atoms with Crippen LogP contribution in [0.25, 0.3) is 0 Å². The zero-order valence-corrected chi connectivity index (χ0v) is 22.3. The highest BCUT2D eigenvalue weighted by molar-refractivity contribution is 7.99. The Morgan fingerprint density at radius 3 is 2.27 bits per heavy atom. The van der Waals surface area contributed by atoms with Crippen LogP contribution in [0.1, 0.15) is 52.0 Å². The molecular formula is C25H31Cl3N2O2S. The van der Waals surface area contributed by atoms with Crippen molar-refractivity contribution >= 4 is 58.4 Å². The number of benzene rings is 2. The number of halogens is 3.